The number of hydrogen-bond donors (Lipinski definition) is 2. The van der Waals surface area contributed by atoms with Gasteiger partial charge in [0.15, 0.2) is 5.82 Å². The highest BCUT2D eigenvalue weighted by Crippen LogP contribution is 2.16. The van der Waals surface area contributed by atoms with Gasteiger partial charge >= 0.3 is 0 Å². The lowest BCUT2D eigenvalue weighted by Gasteiger charge is -2.33. The molecule has 0 spiro atoms. The monoisotopic (exact) mass is 304 g/mol. The second kappa shape index (κ2) is 6.64. The Labute approximate surface area is 128 Å². The van der Waals surface area contributed by atoms with E-state index in [1.807, 2.05) is 4.90 Å². The van der Waals surface area contributed by atoms with Crippen LogP contribution in [-0.4, -0.2) is 41.6 Å². The van der Waals surface area contributed by atoms with Crippen molar-refractivity contribution in [1.82, 2.24) is 15.3 Å². The first-order chi connectivity index (χ1) is 10.7. The van der Waals surface area contributed by atoms with Gasteiger partial charge in [0.1, 0.15) is 0 Å². The highest BCUT2D eigenvalue weighted by atomic mass is 16.5. The summed E-state index contributed by atoms with van der Waals surface area (Å²) >= 11 is 0. The lowest BCUT2D eigenvalue weighted by molar-refractivity contribution is -0.118. The molecule has 2 N–H and O–H groups in total. The topological polar surface area (TPSA) is 87.3 Å². The molecular formula is C15H20N4O3. The van der Waals surface area contributed by atoms with Gasteiger partial charge in [-0.15, -0.1) is 0 Å². The summed E-state index contributed by atoms with van der Waals surface area (Å²) in [5, 5.41) is 3.04. The molecule has 0 aliphatic carbocycles. The molecule has 1 fully saturated rings. The van der Waals surface area contributed by atoms with Crippen LogP contribution in [0.5, 0.6) is 0 Å². The molecule has 2 aliphatic rings. The van der Waals surface area contributed by atoms with Gasteiger partial charge in [-0.1, -0.05) is 0 Å². The van der Waals surface area contributed by atoms with Crippen LogP contribution in [-0.2, 0) is 9.53 Å². The Hall–Kier alpha value is -2.31. The van der Waals surface area contributed by atoms with Crippen molar-refractivity contribution in [2.24, 2.45) is 0 Å². The predicted octanol–water partition coefficient (Wildman–Crippen LogP) is 0.549. The van der Waals surface area contributed by atoms with Crippen molar-refractivity contribution in [2.45, 2.75) is 31.7 Å². The van der Waals surface area contributed by atoms with Crippen molar-refractivity contribution >= 4 is 11.7 Å². The number of anilines is 1. The number of ether oxygens (including phenoxy) is 1. The fourth-order valence-corrected chi connectivity index (χ4v) is 2.87. The Morgan fingerprint density at radius 3 is 3.14 bits per heavy atom. The fourth-order valence-electron chi connectivity index (χ4n) is 2.87. The van der Waals surface area contributed by atoms with Gasteiger partial charge in [-0.25, -0.2) is 4.98 Å². The summed E-state index contributed by atoms with van der Waals surface area (Å²) in [6, 6.07) is 0.0190. The van der Waals surface area contributed by atoms with Crippen LogP contribution < -0.4 is 15.8 Å². The highest BCUT2D eigenvalue weighted by molar-refractivity contribution is 5.93. The Balaban J connectivity index is 1.63. The van der Waals surface area contributed by atoms with Crippen LogP contribution in [0.3, 0.4) is 0 Å². The van der Waals surface area contributed by atoms with Gasteiger partial charge in [0.2, 0.25) is 0 Å². The third kappa shape index (κ3) is 3.29. The number of hydrogen-bond acceptors (Lipinski definition) is 5. The molecule has 118 valence electrons. The van der Waals surface area contributed by atoms with Crippen molar-refractivity contribution in [3.8, 4) is 0 Å². The summed E-state index contributed by atoms with van der Waals surface area (Å²) in [7, 11) is 0. The van der Waals surface area contributed by atoms with Crippen molar-refractivity contribution in [3.63, 3.8) is 0 Å². The Kier molecular flexibility index (Phi) is 4.41. The number of carbonyl (C=O) groups excluding carboxylic acids is 1. The Bertz CT molecular complexity index is 625. The van der Waals surface area contributed by atoms with E-state index in [-0.39, 0.29) is 17.5 Å². The molecule has 3 heterocycles. The molecule has 1 saturated heterocycles. The SMILES string of the molecule is O=C(NC1CCCN(c2ncc[nH]c2=O)C1)C1=COCCC1. The summed E-state index contributed by atoms with van der Waals surface area (Å²) in [5.74, 6) is 0.350. The van der Waals surface area contributed by atoms with Gasteiger partial charge in [0.25, 0.3) is 11.5 Å². The summed E-state index contributed by atoms with van der Waals surface area (Å²) in [4.78, 5) is 32.7. The van der Waals surface area contributed by atoms with Gasteiger partial charge in [-0.3, -0.25) is 9.59 Å². The van der Waals surface area contributed by atoms with Crippen molar-refractivity contribution in [1.29, 1.82) is 0 Å². The molecule has 3 rings (SSSR count). The van der Waals surface area contributed by atoms with E-state index < -0.39 is 0 Å². The van der Waals surface area contributed by atoms with Crippen LogP contribution in [0, 0.1) is 0 Å². The summed E-state index contributed by atoms with van der Waals surface area (Å²) in [5.41, 5.74) is 0.497. The molecule has 0 saturated carbocycles. The second-order valence-corrected chi connectivity index (χ2v) is 5.62. The lowest BCUT2D eigenvalue weighted by atomic mass is 10.0. The fraction of sp³-hybridized carbons (Fsp3) is 0.533. The van der Waals surface area contributed by atoms with E-state index in [9.17, 15) is 9.59 Å². The maximum absolute atomic E-state index is 12.2. The highest BCUT2D eigenvalue weighted by Gasteiger charge is 2.25. The first-order valence-corrected chi connectivity index (χ1v) is 7.64. The summed E-state index contributed by atoms with van der Waals surface area (Å²) < 4.78 is 5.21. The van der Waals surface area contributed by atoms with E-state index in [1.54, 1.807) is 12.5 Å². The zero-order valence-corrected chi connectivity index (χ0v) is 12.4. The molecule has 1 amide bonds. The number of amides is 1. The zero-order valence-electron chi connectivity index (χ0n) is 12.4. The van der Waals surface area contributed by atoms with Crippen LogP contribution in [0.15, 0.2) is 29.0 Å². The Morgan fingerprint density at radius 2 is 2.36 bits per heavy atom. The van der Waals surface area contributed by atoms with Gasteiger partial charge in [-0.2, -0.15) is 0 Å². The van der Waals surface area contributed by atoms with Gasteiger partial charge in [0.05, 0.1) is 18.4 Å². The minimum absolute atomic E-state index is 0.0190. The number of aromatic nitrogens is 2. The van der Waals surface area contributed by atoms with Crippen LogP contribution in [0.4, 0.5) is 5.82 Å². The normalized spacial score (nSPS) is 21.7. The van der Waals surface area contributed by atoms with E-state index in [1.165, 1.54) is 6.20 Å². The maximum Gasteiger partial charge on any atom is 0.290 e. The molecule has 1 aromatic heterocycles. The first-order valence-electron chi connectivity index (χ1n) is 7.64. The van der Waals surface area contributed by atoms with E-state index in [2.05, 4.69) is 15.3 Å². The van der Waals surface area contributed by atoms with Crippen LogP contribution in [0.2, 0.25) is 0 Å². The Morgan fingerprint density at radius 1 is 1.45 bits per heavy atom. The number of carbonyl (C=O) groups is 1. The van der Waals surface area contributed by atoms with Crippen LogP contribution in [0.25, 0.3) is 0 Å². The van der Waals surface area contributed by atoms with Crippen molar-refractivity contribution in [3.05, 3.63) is 34.6 Å². The average Bonchev–Trinajstić information content (AvgIpc) is 2.56. The van der Waals surface area contributed by atoms with Crippen molar-refractivity contribution in [2.75, 3.05) is 24.6 Å². The quantitative estimate of drug-likeness (QED) is 0.851. The maximum atomic E-state index is 12.2. The molecule has 22 heavy (non-hydrogen) atoms. The largest absolute Gasteiger partial charge is 0.501 e. The van der Waals surface area contributed by atoms with E-state index in [4.69, 9.17) is 4.74 Å². The lowest BCUT2D eigenvalue weighted by Crippen LogP contribution is -2.49. The molecule has 0 radical (unpaired) electrons. The predicted molar refractivity (Wildman–Crippen MR) is 81.5 cm³/mol. The molecule has 1 unspecified atom stereocenters. The van der Waals surface area contributed by atoms with Gasteiger partial charge in [0, 0.05) is 31.5 Å². The average molecular weight is 304 g/mol. The standard InChI is InChI=1S/C15H20N4O3/c20-14(11-3-2-8-22-10-11)18-12-4-1-7-19(9-12)13-15(21)17-6-5-16-13/h5-6,10,12H,1-4,7-9H2,(H,17,21)(H,18,20). The van der Waals surface area contributed by atoms with Gasteiger partial charge < -0.3 is 19.9 Å². The summed E-state index contributed by atoms with van der Waals surface area (Å²) in [6.45, 7) is 2.05. The van der Waals surface area contributed by atoms with Gasteiger partial charge in [-0.05, 0) is 25.7 Å². The third-order valence-electron chi connectivity index (χ3n) is 3.97. The third-order valence-corrected chi connectivity index (χ3v) is 3.97. The molecule has 0 aromatic carbocycles. The van der Waals surface area contributed by atoms with Crippen molar-refractivity contribution < 1.29 is 9.53 Å². The van der Waals surface area contributed by atoms with E-state index >= 15 is 0 Å². The molecular weight excluding hydrogens is 284 g/mol. The van der Waals surface area contributed by atoms with E-state index in [0.717, 1.165) is 32.2 Å². The number of aromatic amines is 1. The molecule has 7 heteroatoms. The number of nitrogens with one attached hydrogen (secondary N) is 2. The number of nitrogens with zero attached hydrogens (tertiary/aromatic N) is 2. The minimum atomic E-state index is -0.196. The number of rotatable bonds is 3. The van der Waals surface area contributed by atoms with Crippen LogP contribution in [0.1, 0.15) is 25.7 Å². The van der Waals surface area contributed by atoms with Crippen LogP contribution >= 0.6 is 0 Å². The number of piperidine rings is 1. The second-order valence-electron chi connectivity index (χ2n) is 5.62. The molecule has 7 nitrogen and oxygen atoms in total. The minimum Gasteiger partial charge on any atom is -0.501 e. The summed E-state index contributed by atoms with van der Waals surface area (Å²) in [6.07, 6.45) is 8.09. The van der Waals surface area contributed by atoms with E-state index in [0.29, 0.717) is 24.5 Å². The smallest absolute Gasteiger partial charge is 0.290 e. The molecule has 0 bridgehead atoms. The molecule has 1 atom stereocenters. The number of H-pyrrole nitrogens is 1. The first kappa shape index (κ1) is 14.6. The zero-order chi connectivity index (χ0) is 15.4. The molecule has 1 aromatic rings. The molecule has 2 aliphatic heterocycles.